The summed E-state index contributed by atoms with van der Waals surface area (Å²) in [5.41, 5.74) is 15.7. The molecule has 3 heterocycles. The molecule has 4 heteroatoms. The van der Waals surface area contributed by atoms with Crippen LogP contribution in [-0.4, -0.2) is 36.9 Å². The first kappa shape index (κ1) is 33.4. The van der Waals surface area contributed by atoms with Gasteiger partial charge in [0.25, 0.3) is 0 Å². The molecule has 4 aliphatic rings. The highest BCUT2D eigenvalue weighted by molar-refractivity contribution is 6.15. The van der Waals surface area contributed by atoms with E-state index in [0.717, 1.165) is 49.5 Å². The first-order chi connectivity index (χ1) is 26.7. The molecule has 5 aromatic carbocycles. The van der Waals surface area contributed by atoms with E-state index in [4.69, 9.17) is 9.98 Å². The lowest BCUT2D eigenvalue weighted by atomic mass is 9.84. The van der Waals surface area contributed by atoms with E-state index in [1.807, 2.05) is 12.4 Å². The summed E-state index contributed by atoms with van der Waals surface area (Å²) in [5.74, 6) is 1.06. The van der Waals surface area contributed by atoms with E-state index in [0.29, 0.717) is 0 Å². The lowest BCUT2D eigenvalue weighted by molar-refractivity contribution is 0.739. The van der Waals surface area contributed by atoms with Gasteiger partial charge in [-0.1, -0.05) is 146 Å². The van der Waals surface area contributed by atoms with Gasteiger partial charge in [-0.25, -0.2) is 4.99 Å². The number of hydrogen-bond acceptors (Lipinski definition) is 4. The molecule has 0 saturated heterocycles. The van der Waals surface area contributed by atoms with Crippen LogP contribution in [0.3, 0.4) is 0 Å². The van der Waals surface area contributed by atoms with Gasteiger partial charge in [-0.05, 0) is 98.5 Å². The Bertz CT molecular complexity index is 2400. The van der Waals surface area contributed by atoms with Crippen molar-refractivity contribution in [3.63, 3.8) is 0 Å². The number of aliphatic imine (C=N–C) groups is 3. The van der Waals surface area contributed by atoms with Gasteiger partial charge in [0.05, 0.1) is 11.8 Å². The van der Waals surface area contributed by atoms with Crippen LogP contribution in [0.25, 0.3) is 39.0 Å². The van der Waals surface area contributed by atoms with E-state index in [2.05, 4.69) is 174 Å². The Balaban J connectivity index is 1.08. The first-order valence-corrected chi connectivity index (χ1v) is 19.0. The Morgan fingerprint density at radius 2 is 1.26 bits per heavy atom. The summed E-state index contributed by atoms with van der Waals surface area (Å²) in [4.78, 5) is 14.8. The fraction of sp³-hybridized carbons (Fsp3) is 0.140. The number of benzene rings is 5. The quantitative estimate of drug-likeness (QED) is 0.172. The van der Waals surface area contributed by atoms with Gasteiger partial charge in [0.1, 0.15) is 0 Å². The molecule has 5 aromatic rings. The van der Waals surface area contributed by atoms with Gasteiger partial charge in [-0.3, -0.25) is 9.98 Å². The minimum Gasteiger partial charge on any atom is -0.387 e. The van der Waals surface area contributed by atoms with Crippen LogP contribution in [0, 0.1) is 0 Å². The number of amidine groups is 1. The largest absolute Gasteiger partial charge is 0.387 e. The Hall–Kier alpha value is -6.39. The fourth-order valence-corrected chi connectivity index (χ4v) is 7.79. The zero-order valence-corrected chi connectivity index (χ0v) is 30.3. The maximum absolute atomic E-state index is 5.23. The molecule has 0 amide bonds. The molecule has 0 fully saturated rings. The van der Waals surface area contributed by atoms with E-state index < -0.39 is 0 Å². The minimum absolute atomic E-state index is 0.0639. The van der Waals surface area contributed by atoms with Crippen LogP contribution in [0.4, 0.5) is 0 Å². The summed E-state index contributed by atoms with van der Waals surface area (Å²) < 4.78 is 0. The third kappa shape index (κ3) is 7.29. The van der Waals surface area contributed by atoms with Crippen LogP contribution in [0.1, 0.15) is 41.9 Å². The summed E-state index contributed by atoms with van der Waals surface area (Å²) >= 11 is 0. The van der Waals surface area contributed by atoms with Crippen molar-refractivity contribution in [1.29, 1.82) is 0 Å². The number of nitrogens with zero attached hydrogens (tertiary/aromatic N) is 3. The van der Waals surface area contributed by atoms with Crippen LogP contribution in [0.5, 0.6) is 0 Å². The van der Waals surface area contributed by atoms with Crippen LogP contribution in [-0.2, 0) is 0 Å². The molecule has 9 rings (SSSR count). The molecular weight excluding hydrogens is 657 g/mol. The summed E-state index contributed by atoms with van der Waals surface area (Å²) in [6, 6.07) is 46.3. The molecule has 3 aliphatic heterocycles. The molecule has 2 unspecified atom stereocenters. The number of hydrogen-bond donors (Lipinski definition) is 1. The molecule has 0 saturated carbocycles. The zero-order valence-electron chi connectivity index (χ0n) is 30.3. The van der Waals surface area contributed by atoms with Gasteiger partial charge >= 0.3 is 0 Å². The van der Waals surface area contributed by atoms with Gasteiger partial charge in [0.2, 0.25) is 0 Å². The third-order valence-corrected chi connectivity index (χ3v) is 10.8. The van der Waals surface area contributed by atoms with Gasteiger partial charge in [0.15, 0.2) is 5.84 Å². The predicted molar refractivity (Wildman–Crippen MR) is 227 cm³/mol. The molecule has 0 aromatic heterocycles. The molecule has 1 N–H and O–H groups in total. The molecule has 2 atom stereocenters. The molecule has 0 bridgehead atoms. The first-order valence-electron chi connectivity index (χ1n) is 19.0. The predicted octanol–water partition coefficient (Wildman–Crippen LogP) is 11.2. The van der Waals surface area contributed by atoms with E-state index in [1.54, 1.807) is 0 Å². The fourth-order valence-electron chi connectivity index (χ4n) is 7.79. The Kier molecular flexibility index (Phi) is 9.48. The summed E-state index contributed by atoms with van der Waals surface area (Å²) in [7, 11) is 0. The van der Waals surface area contributed by atoms with Crippen molar-refractivity contribution >= 4 is 23.3 Å². The third-order valence-electron chi connectivity index (χ3n) is 10.8. The maximum atomic E-state index is 5.23. The molecule has 1 aliphatic carbocycles. The monoisotopic (exact) mass is 698 g/mol. The lowest BCUT2D eigenvalue weighted by Crippen LogP contribution is -2.26. The van der Waals surface area contributed by atoms with Crippen molar-refractivity contribution in [2.24, 2.45) is 15.0 Å². The second-order valence-electron chi connectivity index (χ2n) is 14.3. The smallest absolute Gasteiger partial charge is 0.155 e. The molecule has 0 spiro atoms. The van der Waals surface area contributed by atoms with Gasteiger partial charge < -0.3 is 5.32 Å². The van der Waals surface area contributed by atoms with Gasteiger partial charge in [-0.15, -0.1) is 0 Å². The van der Waals surface area contributed by atoms with Crippen LogP contribution in [0.2, 0.25) is 0 Å². The molecular formula is C50H42N4. The second kappa shape index (κ2) is 15.3. The van der Waals surface area contributed by atoms with Crippen molar-refractivity contribution in [3.05, 3.63) is 198 Å². The van der Waals surface area contributed by atoms with E-state index in [-0.39, 0.29) is 12.0 Å². The summed E-state index contributed by atoms with van der Waals surface area (Å²) in [5, 5.41) is 3.27. The average Bonchev–Trinajstić information content (AvgIpc) is 3.27. The highest BCUT2D eigenvalue weighted by Gasteiger charge is 2.25. The Labute approximate surface area is 318 Å². The standard InChI is InChI=1S/C50H42N4/c1-3-8-35(9-4-1)37-14-16-38(17-15-37)45-31-46(33-47(32-45)44-13-7-12-43(30-44)36-10-5-2-6-11-36)39-18-20-42(21-19-39)50-53-48(40-22-26-51-27-23-40)34-49(54-50)41-24-28-52-29-25-41/h1-12,14-24,26,28,30-33,44,49,51H,13,25,27,29,34H2. The van der Waals surface area contributed by atoms with Crippen molar-refractivity contribution < 1.29 is 0 Å². The Morgan fingerprint density at radius 1 is 0.611 bits per heavy atom. The topological polar surface area (TPSA) is 49.1 Å². The zero-order chi connectivity index (χ0) is 36.1. The van der Waals surface area contributed by atoms with Crippen molar-refractivity contribution in [2.75, 3.05) is 13.1 Å². The summed E-state index contributed by atoms with van der Waals surface area (Å²) in [6.07, 6.45) is 20.2. The van der Waals surface area contributed by atoms with Crippen LogP contribution >= 0.6 is 0 Å². The van der Waals surface area contributed by atoms with Gasteiger partial charge in [-0.2, -0.15) is 0 Å². The SMILES string of the molecule is C1=CC(c2ccccc2)=CC(c2cc(-c3ccc(C4=NC(C5=CC=NCC5)CC(C5=CCNC=C5)=N4)cc3)cc(-c3ccc(-c4ccccc4)cc3)c2)C1. The number of rotatable bonds is 8. The maximum Gasteiger partial charge on any atom is 0.155 e. The molecule has 54 heavy (non-hydrogen) atoms. The number of dihydropyridines is 2. The Morgan fingerprint density at radius 3 is 1.91 bits per heavy atom. The lowest BCUT2D eigenvalue weighted by Gasteiger charge is -2.25. The van der Waals surface area contributed by atoms with Crippen molar-refractivity contribution in [3.8, 4) is 33.4 Å². The van der Waals surface area contributed by atoms with Crippen molar-refractivity contribution in [1.82, 2.24) is 5.32 Å². The normalized spacial score (nSPS) is 19.2. The van der Waals surface area contributed by atoms with Crippen molar-refractivity contribution in [2.45, 2.75) is 31.2 Å². The van der Waals surface area contributed by atoms with E-state index in [1.165, 1.54) is 61.2 Å². The van der Waals surface area contributed by atoms with Gasteiger partial charge in [0, 0.05) is 37.2 Å². The minimum atomic E-state index is 0.0639. The van der Waals surface area contributed by atoms with E-state index >= 15 is 0 Å². The second-order valence-corrected chi connectivity index (χ2v) is 14.3. The van der Waals surface area contributed by atoms with Crippen LogP contribution < -0.4 is 5.32 Å². The number of allylic oxidation sites excluding steroid dienone is 7. The summed E-state index contributed by atoms with van der Waals surface area (Å²) in [6.45, 7) is 1.63. The average molecular weight is 699 g/mol. The number of nitrogens with one attached hydrogen (secondary N) is 1. The molecule has 0 radical (unpaired) electrons. The van der Waals surface area contributed by atoms with E-state index in [9.17, 15) is 0 Å². The van der Waals surface area contributed by atoms with Crippen LogP contribution in [0.15, 0.2) is 196 Å². The molecule has 262 valence electrons. The molecule has 4 nitrogen and oxygen atoms in total. The highest BCUT2D eigenvalue weighted by Crippen LogP contribution is 2.37. The highest BCUT2D eigenvalue weighted by atomic mass is 15.0.